The van der Waals surface area contributed by atoms with Gasteiger partial charge >= 0.3 is 0 Å². The minimum Gasteiger partial charge on any atom is -0.493 e. The van der Waals surface area contributed by atoms with Crippen molar-refractivity contribution >= 4 is 0 Å². The Morgan fingerprint density at radius 2 is 1.94 bits per heavy atom. The van der Waals surface area contributed by atoms with Crippen LogP contribution in [0, 0.1) is 0 Å². The monoisotopic (exact) mass is 235 g/mol. The Bertz CT molecular complexity index is 352. The van der Waals surface area contributed by atoms with Crippen molar-refractivity contribution in [1.82, 2.24) is 5.32 Å². The summed E-state index contributed by atoms with van der Waals surface area (Å²) in [7, 11) is 1.97. The lowest BCUT2D eigenvalue weighted by atomic mass is 9.85. The number of hydrogen-bond donors (Lipinski definition) is 1. The summed E-state index contributed by atoms with van der Waals surface area (Å²) in [6, 6.07) is 6.49. The van der Waals surface area contributed by atoms with Crippen LogP contribution in [0.2, 0.25) is 0 Å². The van der Waals surface area contributed by atoms with Crippen LogP contribution >= 0.6 is 0 Å². The third-order valence-corrected chi connectivity index (χ3v) is 2.69. The van der Waals surface area contributed by atoms with Crippen molar-refractivity contribution in [2.75, 3.05) is 13.7 Å². The molecule has 0 aliphatic carbocycles. The van der Waals surface area contributed by atoms with Gasteiger partial charge in [-0.15, -0.1) is 0 Å². The lowest BCUT2D eigenvalue weighted by molar-refractivity contribution is 0.308. The van der Waals surface area contributed by atoms with Gasteiger partial charge in [-0.3, -0.25) is 0 Å². The molecule has 1 rings (SSSR count). The van der Waals surface area contributed by atoms with Gasteiger partial charge in [0.25, 0.3) is 0 Å². The molecule has 0 aliphatic heterocycles. The van der Waals surface area contributed by atoms with Gasteiger partial charge in [0, 0.05) is 6.54 Å². The summed E-state index contributed by atoms with van der Waals surface area (Å²) >= 11 is 0. The van der Waals surface area contributed by atoms with Crippen molar-refractivity contribution < 1.29 is 4.74 Å². The molecule has 1 N–H and O–H groups in total. The molecule has 0 radical (unpaired) electrons. The Labute approximate surface area is 105 Å². The van der Waals surface area contributed by atoms with E-state index in [-0.39, 0.29) is 5.41 Å². The first-order valence-corrected chi connectivity index (χ1v) is 6.40. The Kier molecular flexibility index (Phi) is 5.01. The molecule has 96 valence electrons. The van der Waals surface area contributed by atoms with E-state index in [2.05, 4.69) is 51.2 Å². The summed E-state index contributed by atoms with van der Waals surface area (Å²) in [5, 5.41) is 3.18. The highest BCUT2D eigenvalue weighted by Crippen LogP contribution is 2.32. The molecule has 0 fully saturated rings. The van der Waals surface area contributed by atoms with Gasteiger partial charge in [0.15, 0.2) is 0 Å². The second-order valence-electron chi connectivity index (χ2n) is 5.46. The van der Waals surface area contributed by atoms with Crippen LogP contribution in [0.15, 0.2) is 18.2 Å². The molecule has 1 aromatic carbocycles. The third kappa shape index (κ3) is 4.04. The second-order valence-corrected chi connectivity index (χ2v) is 5.46. The molecule has 0 unspecified atom stereocenters. The van der Waals surface area contributed by atoms with E-state index >= 15 is 0 Å². The zero-order valence-electron chi connectivity index (χ0n) is 11.8. The first kappa shape index (κ1) is 14.0. The second kappa shape index (κ2) is 6.06. The first-order chi connectivity index (χ1) is 7.99. The maximum atomic E-state index is 5.83. The summed E-state index contributed by atoms with van der Waals surface area (Å²) in [6.07, 6.45) is 1.04. The van der Waals surface area contributed by atoms with E-state index in [0.717, 1.165) is 25.3 Å². The molecule has 1 aromatic rings. The van der Waals surface area contributed by atoms with Gasteiger partial charge in [0.1, 0.15) is 5.75 Å². The van der Waals surface area contributed by atoms with Crippen LogP contribution in [0.3, 0.4) is 0 Å². The number of ether oxygens (including phenoxy) is 1. The minimum atomic E-state index is 0.118. The van der Waals surface area contributed by atoms with Crippen molar-refractivity contribution in [1.29, 1.82) is 0 Å². The van der Waals surface area contributed by atoms with Gasteiger partial charge in [0.2, 0.25) is 0 Å². The number of nitrogens with one attached hydrogen (secondary N) is 1. The van der Waals surface area contributed by atoms with Gasteiger partial charge < -0.3 is 10.1 Å². The summed E-state index contributed by atoms with van der Waals surface area (Å²) in [4.78, 5) is 0. The number of rotatable bonds is 5. The van der Waals surface area contributed by atoms with E-state index in [1.54, 1.807) is 0 Å². The standard InChI is InChI=1S/C15H25NO/c1-6-9-17-14-8-7-12(11-16-5)10-13(14)15(2,3)4/h7-8,10,16H,6,9,11H2,1-5H3. The van der Waals surface area contributed by atoms with Crippen molar-refractivity contribution in [3.05, 3.63) is 29.3 Å². The van der Waals surface area contributed by atoms with Crippen LogP contribution in [-0.4, -0.2) is 13.7 Å². The van der Waals surface area contributed by atoms with Crippen LogP contribution < -0.4 is 10.1 Å². The number of hydrogen-bond acceptors (Lipinski definition) is 2. The molecular weight excluding hydrogens is 210 g/mol. The highest BCUT2D eigenvalue weighted by atomic mass is 16.5. The maximum absolute atomic E-state index is 5.83. The molecule has 0 spiro atoms. The zero-order valence-corrected chi connectivity index (χ0v) is 11.8. The first-order valence-electron chi connectivity index (χ1n) is 6.40. The predicted molar refractivity (Wildman–Crippen MR) is 73.7 cm³/mol. The van der Waals surface area contributed by atoms with Gasteiger partial charge in [-0.2, -0.15) is 0 Å². The molecule has 0 aliphatic rings. The van der Waals surface area contributed by atoms with Crippen molar-refractivity contribution in [2.45, 2.75) is 46.1 Å². The molecule has 0 amide bonds. The Morgan fingerprint density at radius 3 is 2.47 bits per heavy atom. The number of benzene rings is 1. The molecular formula is C15H25NO. The summed E-state index contributed by atoms with van der Waals surface area (Å²) in [5.74, 6) is 1.03. The Hall–Kier alpha value is -1.02. The van der Waals surface area contributed by atoms with E-state index < -0.39 is 0 Å². The summed E-state index contributed by atoms with van der Waals surface area (Å²) in [6.45, 7) is 10.5. The zero-order chi connectivity index (χ0) is 12.9. The van der Waals surface area contributed by atoms with E-state index in [1.807, 2.05) is 7.05 Å². The van der Waals surface area contributed by atoms with E-state index in [9.17, 15) is 0 Å². The fourth-order valence-corrected chi connectivity index (χ4v) is 1.82. The SMILES string of the molecule is CCCOc1ccc(CNC)cc1C(C)(C)C. The molecule has 0 heterocycles. The largest absolute Gasteiger partial charge is 0.493 e. The lowest BCUT2D eigenvalue weighted by Crippen LogP contribution is -2.15. The van der Waals surface area contributed by atoms with Gasteiger partial charge in [-0.05, 0) is 36.1 Å². The maximum Gasteiger partial charge on any atom is 0.123 e. The predicted octanol–water partition coefficient (Wildman–Crippen LogP) is 3.49. The Morgan fingerprint density at radius 1 is 1.24 bits per heavy atom. The molecule has 0 bridgehead atoms. The molecule has 0 saturated carbocycles. The highest BCUT2D eigenvalue weighted by Gasteiger charge is 2.19. The topological polar surface area (TPSA) is 21.3 Å². The average molecular weight is 235 g/mol. The van der Waals surface area contributed by atoms with E-state index in [4.69, 9.17) is 4.74 Å². The molecule has 2 heteroatoms. The fourth-order valence-electron chi connectivity index (χ4n) is 1.82. The minimum absolute atomic E-state index is 0.118. The van der Waals surface area contributed by atoms with Gasteiger partial charge in [-0.1, -0.05) is 39.8 Å². The van der Waals surface area contributed by atoms with E-state index in [1.165, 1.54) is 11.1 Å². The van der Waals surface area contributed by atoms with Crippen LogP contribution in [-0.2, 0) is 12.0 Å². The summed E-state index contributed by atoms with van der Waals surface area (Å²) in [5.41, 5.74) is 2.72. The summed E-state index contributed by atoms with van der Waals surface area (Å²) < 4.78 is 5.83. The normalized spacial score (nSPS) is 11.6. The van der Waals surface area contributed by atoms with Crippen LogP contribution in [0.5, 0.6) is 5.75 Å². The molecule has 0 saturated heterocycles. The Balaban J connectivity index is 3.03. The lowest BCUT2D eigenvalue weighted by Gasteiger charge is -2.23. The highest BCUT2D eigenvalue weighted by molar-refractivity contribution is 5.41. The van der Waals surface area contributed by atoms with Crippen molar-refractivity contribution in [2.24, 2.45) is 0 Å². The van der Waals surface area contributed by atoms with Crippen LogP contribution in [0.4, 0.5) is 0 Å². The molecule has 17 heavy (non-hydrogen) atoms. The van der Waals surface area contributed by atoms with E-state index in [0.29, 0.717) is 0 Å². The van der Waals surface area contributed by atoms with Crippen molar-refractivity contribution in [3.8, 4) is 5.75 Å². The van der Waals surface area contributed by atoms with Gasteiger partial charge in [-0.25, -0.2) is 0 Å². The molecule has 2 nitrogen and oxygen atoms in total. The van der Waals surface area contributed by atoms with Crippen molar-refractivity contribution in [3.63, 3.8) is 0 Å². The average Bonchev–Trinajstić information content (AvgIpc) is 2.26. The fraction of sp³-hybridized carbons (Fsp3) is 0.600. The quantitative estimate of drug-likeness (QED) is 0.843. The van der Waals surface area contributed by atoms with Gasteiger partial charge in [0.05, 0.1) is 6.61 Å². The molecule has 0 aromatic heterocycles. The smallest absolute Gasteiger partial charge is 0.123 e. The molecule has 0 atom stereocenters. The van der Waals surface area contributed by atoms with Crippen LogP contribution in [0.25, 0.3) is 0 Å². The van der Waals surface area contributed by atoms with Crippen LogP contribution in [0.1, 0.15) is 45.2 Å². The third-order valence-electron chi connectivity index (χ3n) is 2.69.